The number of hydrogen-bond acceptors (Lipinski definition) is 3. The minimum atomic E-state index is 0. The minimum absolute atomic E-state index is 0. The molecule has 156 valence electrons. The summed E-state index contributed by atoms with van der Waals surface area (Å²) in [6, 6.07) is 21.2. The third-order valence-corrected chi connectivity index (χ3v) is 4.26. The van der Waals surface area contributed by atoms with Crippen LogP contribution in [0.5, 0.6) is 17.2 Å². The molecule has 0 saturated carbocycles. The molecule has 3 aromatic rings. The maximum atomic E-state index is 11.0. The average Bonchev–Trinajstić information content (AvgIpc) is 2.73. The molecule has 0 saturated heterocycles. The Hall–Kier alpha value is 1.97. The quantitative estimate of drug-likeness (QED) is 0.328. The fraction of sp³-hybridized carbons (Fsp3) is 0.308. The molecular weight excluding hydrogens is 478 g/mol. The largest absolute Gasteiger partial charge is 1.00 e. The molecule has 0 aromatic heterocycles. The average molecular weight is 509 g/mol. The van der Waals surface area contributed by atoms with E-state index in [-0.39, 0.29) is 171 Å². The summed E-state index contributed by atoms with van der Waals surface area (Å²) < 4.78 is 0. The Morgan fingerprint density at radius 1 is 0.562 bits per heavy atom. The van der Waals surface area contributed by atoms with Gasteiger partial charge in [0.15, 0.2) is 0 Å². The summed E-state index contributed by atoms with van der Waals surface area (Å²) in [5.41, 5.74) is 3.30. The van der Waals surface area contributed by atoms with Crippen molar-refractivity contribution in [2.24, 2.45) is 0 Å². The Kier molecular flexibility index (Phi) is 29.7. The molecule has 3 rings (SSSR count). The van der Waals surface area contributed by atoms with E-state index in [1.54, 1.807) is 42.5 Å². The van der Waals surface area contributed by atoms with Crippen LogP contribution in [0.4, 0.5) is 0 Å². The van der Waals surface area contributed by atoms with Crippen molar-refractivity contribution >= 4 is 0 Å². The van der Waals surface area contributed by atoms with Gasteiger partial charge in [-0.1, -0.05) is 112 Å². The van der Waals surface area contributed by atoms with Gasteiger partial charge in [0.1, 0.15) is 0 Å². The molecule has 0 aliphatic rings. The van der Waals surface area contributed by atoms with Crippen LogP contribution in [-0.2, 0) is 19.3 Å². The molecule has 6 heteroatoms. The first kappa shape index (κ1) is 38.5. The molecule has 0 bridgehead atoms. The van der Waals surface area contributed by atoms with E-state index in [1.807, 2.05) is 37.3 Å². The van der Waals surface area contributed by atoms with Gasteiger partial charge < -0.3 is 15.3 Å². The van der Waals surface area contributed by atoms with Gasteiger partial charge in [0.05, 0.1) is 0 Å². The van der Waals surface area contributed by atoms with Crippen LogP contribution in [0.1, 0.15) is 50.3 Å². The van der Waals surface area contributed by atoms with Crippen LogP contribution in [0.15, 0.2) is 72.8 Å². The maximum absolute atomic E-state index is 11.0. The molecule has 0 amide bonds. The van der Waals surface area contributed by atoms with E-state index >= 15 is 0 Å². The van der Waals surface area contributed by atoms with E-state index in [0.717, 1.165) is 43.2 Å². The fourth-order valence-corrected chi connectivity index (χ4v) is 2.69. The molecule has 32 heavy (non-hydrogen) atoms. The van der Waals surface area contributed by atoms with E-state index in [9.17, 15) is 15.3 Å². The summed E-state index contributed by atoms with van der Waals surface area (Å²) in [4.78, 5) is 0. The summed E-state index contributed by atoms with van der Waals surface area (Å²) in [6.07, 6.45) is 5.09. The molecule has 0 aliphatic carbocycles. The van der Waals surface area contributed by atoms with Gasteiger partial charge in [-0.15, -0.1) is 17.2 Å². The zero-order chi connectivity index (χ0) is 21.5. The third-order valence-electron chi connectivity index (χ3n) is 4.26. The van der Waals surface area contributed by atoms with Crippen LogP contribution in [0.25, 0.3) is 0 Å². The first-order valence-electron chi connectivity index (χ1n) is 10.3. The first-order chi connectivity index (χ1) is 14.0. The summed E-state index contributed by atoms with van der Waals surface area (Å²) >= 11 is 0. The Morgan fingerprint density at radius 2 is 1.16 bits per heavy atom. The second-order valence-electron chi connectivity index (χ2n) is 6.75. The van der Waals surface area contributed by atoms with Crippen molar-refractivity contribution in [3.05, 3.63) is 89.5 Å². The van der Waals surface area contributed by atoms with E-state index in [2.05, 4.69) is 13.8 Å². The number of hydrogen-bond donors (Lipinski definition) is 0. The van der Waals surface area contributed by atoms with Crippen LogP contribution in [0.2, 0.25) is 0 Å². The van der Waals surface area contributed by atoms with Crippen molar-refractivity contribution in [3.8, 4) is 17.2 Å². The summed E-state index contributed by atoms with van der Waals surface area (Å²) in [7, 11) is 0. The van der Waals surface area contributed by atoms with Crippen LogP contribution in [0, 0.1) is 0 Å². The van der Waals surface area contributed by atoms with Gasteiger partial charge in [0.2, 0.25) is 0 Å². The minimum Gasteiger partial charge on any atom is -0.872 e. The predicted octanol–water partition coefficient (Wildman–Crippen LogP) is -4.24. The molecule has 0 radical (unpaired) electrons. The van der Waals surface area contributed by atoms with Crippen LogP contribution < -0.4 is 169 Å². The molecule has 0 heterocycles. The molecule has 3 nitrogen and oxygen atoms in total. The molecule has 0 aliphatic heterocycles. The maximum Gasteiger partial charge on any atom is 1.00 e. The van der Waals surface area contributed by atoms with Crippen LogP contribution >= 0.6 is 0 Å². The Labute approximate surface area is 322 Å². The van der Waals surface area contributed by atoms with Gasteiger partial charge in [-0.2, -0.15) is 0 Å². The van der Waals surface area contributed by atoms with E-state index in [1.165, 1.54) is 5.56 Å². The smallest absolute Gasteiger partial charge is 0.872 e. The standard InChI is InChI=1S/2C9H12O.C8H10O.3K/c1-2-5-8-6-3-4-7-9(8)10;1-2-3-8-4-6-9(10)7-5-8;1-2-7-4-3-5-8(9)6-7;;;/h3-4,6-7,10H,2,5H2,1H3;4-7,10H,2-3H2,1H3;3-6,9H,2H2,1H3;;;/q;;;3*+1/p-3. The van der Waals surface area contributed by atoms with E-state index < -0.39 is 0 Å². The van der Waals surface area contributed by atoms with Crippen LogP contribution in [-0.4, -0.2) is 0 Å². The summed E-state index contributed by atoms with van der Waals surface area (Å²) in [6.45, 7) is 6.24. The fourth-order valence-electron chi connectivity index (χ4n) is 2.69. The zero-order valence-corrected chi connectivity index (χ0v) is 30.1. The van der Waals surface area contributed by atoms with Gasteiger partial charge in [0.25, 0.3) is 0 Å². The topological polar surface area (TPSA) is 69.2 Å². The second kappa shape index (κ2) is 24.7. The normalized spacial score (nSPS) is 8.72. The van der Waals surface area contributed by atoms with Crippen LogP contribution in [0.3, 0.4) is 0 Å². The Bertz CT molecular complexity index is 825. The van der Waals surface area contributed by atoms with Crippen molar-refractivity contribution in [1.29, 1.82) is 0 Å². The third kappa shape index (κ3) is 18.3. The molecule has 0 unspecified atom stereocenters. The van der Waals surface area contributed by atoms with Crippen molar-refractivity contribution in [2.75, 3.05) is 0 Å². The summed E-state index contributed by atoms with van der Waals surface area (Å²) in [5, 5.41) is 32.3. The van der Waals surface area contributed by atoms with Gasteiger partial charge in [-0.05, 0) is 30.4 Å². The Balaban J connectivity index is -0.000000377. The predicted molar refractivity (Wildman–Crippen MR) is 115 cm³/mol. The van der Waals surface area contributed by atoms with Gasteiger partial charge in [0, 0.05) is 0 Å². The molecule has 0 spiro atoms. The van der Waals surface area contributed by atoms with Gasteiger partial charge in [-0.3, -0.25) is 0 Å². The van der Waals surface area contributed by atoms with E-state index in [4.69, 9.17) is 0 Å². The molecule has 3 aromatic carbocycles. The number of rotatable bonds is 5. The molecular formula is C26H31K3O3. The second-order valence-corrected chi connectivity index (χ2v) is 6.75. The van der Waals surface area contributed by atoms with Crippen molar-refractivity contribution < 1.29 is 169 Å². The van der Waals surface area contributed by atoms with Crippen molar-refractivity contribution in [2.45, 2.75) is 52.9 Å². The number of benzene rings is 3. The SMILES string of the molecule is CCCc1ccc([O-])cc1.CCCc1ccccc1[O-].CCc1cccc([O-])c1.[K+].[K+].[K+]. The molecule has 0 fully saturated rings. The summed E-state index contributed by atoms with van der Waals surface area (Å²) in [5.74, 6) is 0.374. The number of aryl methyl sites for hydroxylation is 3. The van der Waals surface area contributed by atoms with Gasteiger partial charge >= 0.3 is 154 Å². The van der Waals surface area contributed by atoms with Crippen molar-refractivity contribution in [1.82, 2.24) is 0 Å². The monoisotopic (exact) mass is 508 g/mol. The zero-order valence-electron chi connectivity index (χ0n) is 20.7. The number of para-hydroxylation sites is 1. The molecule has 0 N–H and O–H groups in total. The van der Waals surface area contributed by atoms with Gasteiger partial charge in [-0.25, -0.2) is 0 Å². The molecule has 0 atom stereocenters. The van der Waals surface area contributed by atoms with E-state index in [0.29, 0.717) is 0 Å². The van der Waals surface area contributed by atoms with Crippen molar-refractivity contribution in [3.63, 3.8) is 0 Å². The first-order valence-corrected chi connectivity index (χ1v) is 10.3. The Morgan fingerprint density at radius 3 is 1.62 bits per heavy atom.